The minimum Gasteiger partial charge on any atom is -0.390 e. The Morgan fingerprint density at radius 1 is 1.38 bits per heavy atom. The molecular weight excluding hydrogens is 321 g/mol. The Hall–Kier alpha value is -0.460. The van der Waals surface area contributed by atoms with Crippen LogP contribution in [0.25, 0.3) is 0 Å². The number of rotatable bonds is 4. The highest BCUT2D eigenvalue weighted by molar-refractivity contribution is 6.30. The van der Waals surface area contributed by atoms with Gasteiger partial charge in [-0.3, -0.25) is 4.90 Å². The Bertz CT molecular complexity index is 468. The molecule has 0 unspecified atom stereocenters. The summed E-state index contributed by atoms with van der Waals surface area (Å²) in [7, 11) is 0. The molecule has 1 heterocycles. The summed E-state index contributed by atoms with van der Waals surface area (Å²) in [6, 6.07) is 3.81. The van der Waals surface area contributed by atoms with Crippen LogP contribution in [0.4, 0.5) is 8.78 Å². The molecule has 1 aromatic rings. The van der Waals surface area contributed by atoms with E-state index in [2.05, 4.69) is 5.32 Å². The lowest BCUT2D eigenvalue weighted by molar-refractivity contribution is -0.118. The van der Waals surface area contributed by atoms with Gasteiger partial charge in [-0.2, -0.15) is 0 Å². The van der Waals surface area contributed by atoms with E-state index in [4.69, 9.17) is 16.7 Å². The van der Waals surface area contributed by atoms with E-state index in [0.29, 0.717) is 42.3 Å². The predicted octanol–water partition coefficient (Wildman–Crippen LogP) is 2.64. The third kappa shape index (κ3) is 4.27. The number of alkyl halides is 2. The van der Waals surface area contributed by atoms with Crippen molar-refractivity contribution >= 4 is 24.0 Å². The summed E-state index contributed by atoms with van der Waals surface area (Å²) in [5.41, 5.74) is 1.24. The van der Waals surface area contributed by atoms with E-state index >= 15 is 0 Å². The van der Waals surface area contributed by atoms with Crippen LogP contribution in [0.1, 0.15) is 17.2 Å². The average molecular weight is 341 g/mol. The third-order valence-electron chi connectivity index (χ3n) is 3.65. The lowest BCUT2D eigenvalue weighted by Gasteiger charge is -2.39. The second-order valence-corrected chi connectivity index (χ2v) is 5.54. The number of aryl methyl sites for hydroxylation is 1. The molecule has 7 heteroatoms. The van der Waals surface area contributed by atoms with Crippen LogP contribution in [0.5, 0.6) is 0 Å². The van der Waals surface area contributed by atoms with Crippen molar-refractivity contribution in [3.05, 3.63) is 34.3 Å². The number of halogens is 4. The van der Waals surface area contributed by atoms with Crippen molar-refractivity contribution < 1.29 is 13.9 Å². The zero-order chi connectivity index (χ0) is 14.8. The van der Waals surface area contributed by atoms with Crippen LogP contribution < -0.4 is 5.32 Å². The van der Waals surface area contributed by atoms with Crippen molar-refractivity contribution in [3.8, 4) is 0 Å². The topological polar surface area (TPSA) is 35.5 Å². The SMILES string of the molecule is Cc1cc(Cl)ccc1[C@@H](N1CCNCC1)C(F)(F)CO.Cl. The minimum atomic E-state index is -3.18. The summed E-state index contributed by atoms with van der Waals surface area (Å²) in [5.74, 6) is -3.18. The predicted molar refractivity (Wildman–Crippen MR) is 82.7 cm³/mol. The van der Waals surface area contributed by atoms with Crippen molar-refractivity contribution in [1.29, 1.82) is 0 Å². The van der Waals surface area contributed by atoms with Crippen LogP contribution >= 0.6 is 24.0 Å². The van der Waals surface area contributed by atoms with Gasteiger partial charge in [0, 0.05) is 31.2 Å². The summed E-state index contributed by atoms with van der Waals surface area (Å²) in [5, 5.41) is 12.8. The summed E-state index contributed by atoms with van der Waals surface area (Å²) in [4.78, 5) is 1.73. The van der Waals surface area contributed by atoms with Crippen molar-refractivity contribution in [2.75, 3.05) is 32.8 Å². The molecule has 0 bridgehead atoms. The number of hydrogen-bond donors (Lipinski definition) is 2. The van der Waals surface area contributed by atoms with E-state index in [1.54, 1.807) is 30.0 Å². The molecule has 21 heavy (non-hydrogen) atoms. The summed E-state index contributed by atoms with van der Waals surface area (Å²) < 4.78 is 28.4. The Morgan fingerprint density at radius 2 is 2.00 bits per heavy atom. The van der Waals surface area contributed by atoms with Crippen LogP contribution in [-0.4, -0.2) is 48.7 Å². The van der Waals surface area contributed by atoms with Gasteiger partial charge in [0.1, 0.15) is 12.6 Å². The van der Waals surface area contributed by atoms with Gasteiger partial charge in [-0.25, -0.2) is 8.78 Å². The molecule has 0 amide bonds. The molecule has 1 atom stereocenters. The normalized spacial score (nSPS) is 18.1. The van der Waals surface area contributed by atoms with Gasteiger partial charge in [-0.15, -0.1) is 12.4 Å². The lowest BCUT2D eigenvalue weighted by atomic mass is 9.94. The average Bonchev–Trinajstić information content (AvgIpc) is 2.43. The Balaban J connectivity index is 0.00000220. The van der Waals surface area contributed by atoms with Gasteiger partial charge in [0.05, 0.1) is 0 Å². The molecule has 1 fully saturated rings. The highest BCUT2D eigenvalue weighted by Crippen LogP contribution is 2.38. The van der Waals surface area contributed by atoms with E-state index in [-0.39, 0.29) is 12.4 Å². The molecule has 0 radical (unpaired) electrons. The third-order valence-corrected chi connectivity index (χ3v) is 3.89. The quantitative estimate of drug-likeness (QED) is 0.884. The fraction of sp³-hybridized carbons (Fsp3) is 0.571. The lowest BCUT2D eigenvalue weighted by Crippen LogP contribution is -2.51. The van der Waals surface area contributed by atoms with Crippen LogP contribution in [0.15, 0.2) is 18.2 Å². The number of benzene rings is 1. The maximum absolute atomic E-state index is 14.2. The number of nitrogens with zero attached hydrogens (tertiary/aromatic N) is 1. The van der Waals surface area contributed by atoms with Gasteiger partial charge >= 0.3 is 0 Å². The Labute approximate surface area is 134 Å². The van der Waals surface area contributed by atoms with Gasteiger partial charge in [-0.05, 0) is 30.2 Å². The van der Waals surface area contributed by atoms with Crippen molar-refractivity contribution in [2.24, 2.45) is 0 Å². The molecule has 1 aromatic carbocycles. The van der Waals surface area contributed by atoms with Gasteiger partial charge in [0.2, 0.25) is 0 Å². The zero-order valence-corrected chi connectivity index (χ0v) is 13.4. The summed E-state index contributed by atoms with van der Waals surface area (Å²) in [6.45, 7) is 3.01. The zero-order valence-electron chi connectivity index (χ0n) is 11.8. The molecule has 0 aliphatic carbocycles. The number of hydrogen-bond acceptors (Lipinski definition) is 3. The van der Waals surface area contributed by atoms with E-state index in [1.165, 1.54) is 0 Å². The minimum absolute atomic E-state index is 0. The van der Waals surface area contributed by atoms with Gasteiger partial charge in [0.15, 0.2) is 0 Å². The molecule has 2 N–H and O–H groups in total. The van der Waals surface area contributed by atoms with Crippen LogP contribution in [0.2, 0.25) is 5.02 Å². The fourth-order valence-corrected chi connectivity index (χ4v) is 2.89. The molecule has 0 saturated carbocycles. The first-order valence-corrected chi connectivity index (χ1v) is 7.03. The second-order valence-electron chi connectivity index (χ2n) is 5.11. The van der Waals surface area contributed by atoms with Crippen molar-refractivity contribution in [1.82, 2.24) is 10.2 Å². The largest absolute Gasteiger partial charge is 0.390 e. The molecule has 1 saturated heterocycles. The molecule has 1 aliphatic heterocycles. The molecule has 0 spiro atoms. The maximum atomic E-state index is 14.2. The Kier molecular flexibility index (Phi) is 6.81. The molecular formula is C14H20Cl2F2N2O. The number of piperazine rings is 1. The van der Waals surface area contributed by atoms with Crippen molar-refractivity contribution in [3.63, 3.8) is 0 Å². The highest BCUT2D eigenvalue weighted by Gasteiger charge is 2.44. The fourth-order valence-electron chi connectivity index (χ4n) is 2.66. The summed E-state index contributed by atoms with van der Waals surface area (Å²) >= 11 is 5.90. The smallest absolute Gasteiger partial charge is 0.289 e. The first-order chi connectivity index (χ1) is 9.45. The first kappa shape index (κ1) is 18.6. The van der Waals surface area contributed by atoms with Gasteiger partial charge in [0.25, 0.3) is 5.92 Å². The maximum Gasteiger partial charge on any atom is 0.289 e. The van der Waals surface area contributed by atoms with E-state index in [9.17, 15) is 8.78 Å². The number of nitrogens with one attached hydrogen (secondary N) is 1. The molecule has 1 aliphatic rings. The van der Waals surface area contributed by atoms with Crippen LogP contribution in [0.3, 0.4) is 0 Å². The van der Waals surface area contributed by atoms with Crippen LogP contribution in [-0.2, 0) is 0 Å². The van der Waals surface area contributed by atoms with Crippen LogP contribution in [0, 0.1) is 6.92 Å². The van der Waals surface area contributed by atoms with Crippen molar-refractivity contribution in [2.45, 2.75) is 18.9 Å². The Morgan fingerprint density at radius 3 is 2.52 bits per heavy atom. The van der Waals surface area contributed by atoms with E-state index < -0.39 is 18.6 Å². The van der Waals surface area contributed by atoms with Gasteiger partial charge in [-0.1, -0.05) is 17.7 Å². The number of aliphatic hydroxyl groups excluding tert-OH is 1. The second kappa shape index (κ2) is 7.70. The number of aliphatic hydroxyl groups is 1. The molecule has 120 valence electrons. The molecule has 2 rings (SSSR count). The monoisotopic (exact) mass is 340 g/mol. The molecule has 0 aromatic heterocycles. The standard InChI is InChI=1S/C14H19ClF2N2O.ClH/c1-10-8-11(15)2-3-12(10)13(14(16,17)9-20)19-6-4-18-5-7-19;/h2-3,8,13,18,20H,4-7,9H2,1H3;1H/t13-;/m1./s1. The highest BCUT2D eigenvalue weighted by atomic mass is 35.5. The van der Waals surface area contributed by atoms with Gasteiger partial charge < -0.3 is 10.4 Å². The first-order valence-electron chi connectivity index (χ1n) is 6.65. The summed E-state index contributed by atoms with van der Waals surface area (Å²) in [6.07, 6.45) is 0. The molecule has 3 nitrogen and oxygen atoms in total. The van der Waals surface area contributed by atoms with E-state index in [0.717, 1.165) is 0 Å². The van der Waals surface area contributed by atoms with E-state index in [1.807, 2.05) is 0 Å².